The average Bonchev–Trinajstić information content (AvgIpc) is 2.71. The number of carboxylic acid groups (broad SMARTS) is 1. The van der Waals surface area contributed by atoms with Gasteiger partial charge in [-0.1, -0.05) is 30.3 Å². The van der Waals surface area contributed by atoms with Gasteiger partial charge in [-0.05, 0) is 12.5 Å². The summed E-state index contributed by atoms with van der Waals surface area (Å²) in [7, 11) is 0. The molecule has 0 aliphatic rings. The van der Waals surface area contributed by atoms with Crippen LogP contribution in [0.4, 0.5) is 4.39 Å². The quantitative estimate of drug-likeness (QED) is 0.886. The topological polar surface area (TPSA) is 55.1 Å². The van der Waals surface area contributed by atoms with Crippen LogP contribution in [0.15, 0.2) is 36.5 Å². The monoisotopic (exact) mass is 234 g/mol. The Balaban J connectivity index is 2.47. The van der Waals surface area contributed by atoms with Crippen molar-refractivity contribution in [2.45, 2.75) is 13.0 Å². The third kappa shape index (κ3) is 2.04. The van der Waals surface area contributed by atoms with Gasteiger partial charge in [0.05, 0.1) is 12.2 Å². The SMILES string of the molecule is CC(c1ccccc1)n1c(C(=O)O)cnc1F. The molecule has 0 radical (unpaired) electrons. The third-order valence-electron chi connectivity index (χ3n) is 2.64. The van der Waals surface area contributed by atoms with E-state index in [0.29, 0.717) is 0 Å². The molecule has 1 atom stereocenters. The van der Waals surface area contributed by atoms with Gasteiger partial charge in [0.1, 0.15) is 5.69 Å². The lowest BCUT2D eigenvalue weighted by Gasteiger charge is -2.15. The van der Waals surface area contributed by atoms with Crippen molar-refractivity contribution in [1.82, 2.24) is 9.55 Å². The molecule has 4 nitrogen and oxygen atoms in total. The summed E-state index contributed by atoms with van der Waals surface area (Å²) >= 11 is 0. The molecule has 1 heterocycles. The molecule has 88 valence electrons. The second-order valence-electron chi connectivity index (χ2n) is 3.67. The zero-order chi connectivity index (χ0) is 12.4. The first-order valence-corrected chi connectivity index (χ1v) is 5.12. The van der Waals surface area contributed by atoms with Gasteiger partial charge in [0.25, 0.3) is 6.08 Å². The third-order valence-corrected chi connectivity index (χ3v) is 2.64. The molecule has 0 aliphatic heterocycles. The summed E-state index contributed by atoms with van der Waals surface area (Å²) in [6.45, 7) is 1.73. The van der Waals surface area contributed by atoms with Gasteiger partial charge >= 0.3 is 5.97 Å². The summed E-state index contributed by atoms with van der Waals surface area (Å²) in [5.74, 6) is -1.19. The van der Waals surface area contributed by atoms with Crippen molar-refractivity contribution in [3.05, 3.63) is 53.9 Å². The molecule has 0 amide bonds. The van der Waals surface area contributed by atoms with Gasteiger partial charge in [-0.25, -0.2) is 9.78 Å². The smallest absolute Gasteiger partial charge is 0.354 e. The van der Waals surface area contributed by atoms with E-state index in [4.69, 9.17) is 5.11 Å². The lowest BCUT2D eigenvalue weighted by Crippen LogP contribution is -2.15. The van der Waals surface area contributed by atoms with E-state index in [1.807, 2.05) is 30.3 Å². The second-order valence-corrected chi connectivity index (χ2v) is 3.67. The minimum absolute atomic E-state index is 0.154. The highest BCUT2D eigenvalue weighted by atomic mass is 19.1. The number of rotatable bonds is 3. The van der Waals surface area contributed by atoms with Gasteiger partial charge in [-0.15, -0.1) is 0 Å². The molecule has 2 rings (SSSR count). The number of hydrogen-bond acceptors (Lipinski definition) is 2. The predicted octanol–water partition coefficient (Wildman–Crippen LogP) is 2.33. The normalized spacial score (nSPS) is 12.4. The van der Waals surface area contributed by atoms with Crippen molar-refractivity contribution in [2.75, 3.05) is 0 Å². The van der Waals surface area contributed by atoms with Gasteiger partial charge in [0, 0.05) is 0 Å². The number of hydrogen-bond donors (Lipinski definition) is 1. The number of carbonyl (C=O) groups is 1. The molecule has 5 heteroatoms. The zero-order valence-corrected chi connectivity index (χ0v) is 9.17. The molecule has 17 heavy (non-hydrogen) atoms. The van der Waals surface area contributed by atoms with Crippen molar-refractivity contribution in [3.8, 4) is 0 Å². The van der Waals surface area contributed by atoms with Crippen LogP contribution in [0.2, 0.25) is 0 Å². The van der Waals surface area contributed by atoms with Crippen LogP contribution in [0.5, 0.6) is 0 Å². The lowest BCUT2D eigenvalue weighted by molar-refractivity contribution is 0.0682. The fraction of sp³-hybridized carbons (Fsp3) is 0.167. The summed E-state index contributed by atoms with van der Waals surface area (Å²) in [5.41, 5.74) is 0.672. The minimum atomic E-state index is -1.19. The van der Waals surface area contributed by atoms with Gasteiger partial charge in [0.15, 0.2) is 0 Å². The van der Waals surface area contributed by atoms with E-state index in [9.17, 15) is 9.18 Å². The maximum Gasteiger partial charge on any atom is 0.354 e. The van der Waals surface area contributed by atoms with Crippen molar-refractivity contribution in [2.24, 2.45) is 0 Å². The number of nitrogens with zero attached hydrogens (tertiary/aromatic N) is 2. The molecular formula is C12H11FN2O2. The Bertz CT molecular complexity index is 537. The van der Waals surface area contributed by atoms with Crippen molar-refractivity contribution < 1.29 is 14.3 Å². The fourth-order valence-corrected chi connectivity index (χ4v) is 1.75. The van der Waals surface area contributed by atoms with E-state index in [0.717, 1.165) is 16.3 Å². The van der Waals surface area contributed by atoms with Crippen LogP contribution in [0.1, 0.15) is 29.0 Å². The number of aromatic carboxylic acids is 1. The summed E-state index contributed by atoms with van der Waals surface area (Å²) in [6, 6.07) is 8.71. The number of aromatic nitrogens is 2. The molecule has 0 fully saturated rings. The predicted molar refractivity (Wildman–Crippen MR) is 59.4 cm³/mol. The summed E-state index contributed by atoms with van der Waals surface area (Å²) in [5, 5.41) is 8.95. The van der Waals surface area contributed by atoms with E-state index < -0.39 is 18.1 Å². The van der Waals surface area contributed by atoms with Gasteiger partial charge < -0.3 is 5.11 Å². The Hall–Kier alpha value is -2.17. The van der Waals surface area contributed by atoms with Crippen molar-refractivity contribution >= 4 is 5.97 Å². The maximum atomic E-state index is 13.5. The van der Waals surface area contributed by atoms with Crippen LogP contribution in [-0.4, -0.2) is 20.6 Å². The fourth-order valence-electron chi connectivity index (χ4n) is 1.75. The highest BCUT2D eigenvalue weighted by Crippen LogP contribution is 2.21. The van der Waals surface area contributed by atoms with Gasteiger partial charge in [0.2, 0.25) is 0 Å². The molecule has 0 spiro atoms. The first-order chi connectivity index (χ1) is 8.11. The molecule has 0 bridgehead atoms. The Morgan fingerprint density at radius 2 is 2.06 bits per heavy atom. The summed E-state index contributed by atoms with van der Waals surface area (Å²) < 4.78 is 14.6. The van der Waals surface area contributed by atoms with Crippen LogP contribution in [0.25, 0.3) is 0 Å². The van der Waals surface area contributed by atoms with E-state index in [1.165, 1.54) is 0 Å². The Kier molecular flexibility index (Phi) is 2.91. The molecule has 1 N–H and O–H groups in total. The highest BCUT2D eigenvalue weighted by Gasteiger charge is 2.20. The molecule has 1 aromatic heterocycles. The van der Waals surface area contributed by atoms with Crippen LogP contribution in [0, 0.1) is 6.08 Å². The van der Waals surface area contributed by atoms with E-state index in [2.05, 4.69) is 4.98 Å². The first kappa shape index (κ1) is 11.3. The van der Waals surface area contributed by atoms with E-state index >= 15 is 0 Å². The average molecular weight is 234 g/mol. The molecule has 1 aromatic carbocycles. The van der Waals surface area contributed by atoms with Crippen LogP contribution < -0.4 is 0 Å². The minimum Gasteiger partial charge on any atom is -0.477 e. The summed E-state index contributed by atoms with van der Waals surface area (Å²) in [4.78, 5) is 14.3. The zero-order valence-electron chi connectivity index (χ0n) is 9.17. The van der Waals surface area contributed by atoms with Crippen LogP contribution in [-0.2, 0) is 0 Å². The Labute approximate surface area is 97.3 Å². The van der Waals surface area contributed by atoms with Crippen LogP contribution >= 0.6 is 0 Å². The largest absolute Gasteiger partial charge is 0.477 e. The number of benzene rings is 1. The number of carboxylic acids is 1. The molecule has 0 saturated carbocycles. The molecule has 0 saturated heterocycles. The van der Waals surface area contributed by atoms with Crippen LogP contribution in [0.3, 0.4) is 0 Å². The van der Waals surface area contributed by atoms with Gasteiger partial charge in [-0.3, -0.25) is 4.57 Å². The number of imidazole rings is 1. The standard InChI is InChI=1S/C12H11FN2O2/c1-8(9-5-3-2-4-6-9)15-10(11(16)17)7-14-12(15)13/h2-8H,1H3,(H,16,17). The Morgan fingerprint density at radius 1 is 1.41 bits per heavy atom. The number of halogens is 1. The van der Waals surface area contributed by atoms with Crippen molar-refractivity contribution in [3.63, 3.8) is 0 Å². The van der Waals surface area contributed by atoms with E-state index in [-0.39, 0.29) is 5.69 Å². The first-order valence-electron chi connectivity index (χ1n) is 5.12. The van der Waals surface area contributed by atoms with Gasteiger partial charge in [-0.2, -0.15) is 4.39 Å². The molecule has 0 aliphatic carbocycles. The second kappa shape index (κ2) is 4.37. The maximum absolute atomic E-state index is 13.5. The van der Waals surface area contributed by atoms with Crippen molar-refractivity contribution in [1.29, 1.82) is 0 Å². The molecular weight excluding hydrogens is 223 g/mol. The van der Waals surface area contributed by atoms with E-state index in [1.54, 1.807) is 6.92 Å². The summed E-state index contributed by atoms with van der Waals surface area (Å²) in [6.07, 6.45) is 0.232. The molecule has 1 unspecified atom stereocenters. The lowest BCUT2D eigenvalue weighted by atomic mass is 10.1. The Morgan fingerprint density at radius 3 is 2.65 bits per heavy atom. The highest BCUT2D eigenvalue weighted by molar-refractivity contribution is 5.85. The molecule has 2 aromatic rings.